The number of methoxy groups -OCH3 is 1. The van der Waals surface area contributed by atoms with Crippen molar-refractivity contribution in [3.05, 3.63) is 22.9 Å². The van der Waals surface area contributed by atoms with E-state index in [4.69, 9.17) is 10.5 Å². The third kappa shape index (κ3) is 1.88. The molecule has 2 rings (SSSR count). The van der Waals surface area contributed by atoms with Crippen molar-refractivity contribution in [1.82, 2.24) is 14.8 Å². The molecule has 0 bridgehead atoms. The van der Waals surface area contributed by atoms with Gasteiger partial charge in [-0.05, 0) is 12.1 Å². The molecule has 5 nitrogen and oxygen atoms in total. The Kier molecular flexibility index (Phi) is 2.82. The molecule has 84 valence electrons. The molecular formula is C10H11BrN4O. The van der Waals surface area contributed by atoms with Gasteiger partial charge in [-0.25, -0.2) is 4.98 Å². The van der Waals surface area contributed by atoms with Gasteiger partial charge in [-0.2, -0.15) is 5.10 Å². The van der Waals surface area contributed by atoms with Gasteiger partial charge in [-0.3, -0.25) is 4.68 Å². The number of halogens is 1. The van der Waals surface area contributed by atoms with E-state index in [-0.39, 0.29) is 0 Å². The van der Waals surface area contributed by atoms with Crippen LogP contribution >= 0.6 is 15.9 Å². The summed E-state index contributed by atoms with van der Waals surface area (Å²) in [4.78, 5) is 4.17. The number of nitrogens with two attached hydrogens (primary N) is 1. The normalized spacial score (nSPS) is 10.4. The summed E-state index contributed by atoms with van der Waals surface area (Å²) in [5.41, 5.74) is 7.19. The molecule has 6 heteroatoms. The Morgan fingerprint density at radius 1 is 1.44 bits per heavy atom. The average molecular weight is 283 g/mol. The molecule has 0 amide bonds. The number of anilines is 1. The Balaban J connectivity index is 2.63. The number of hydrogen-bond acceptors (Lipinski definition) is 4. The minimum Gasteiger partial charge on any atom is -0.494 e. The molecule has 0 unspecified atom stereocenters. The molecule has 0 saturated carbocycles. The van der Waals surface area contributed by atoms with Crippen LogP contribution in [-0.2, 0) is 7.05 Å². The number of aromatic nitrogens is 3. The molecule has 0 radical (unpaired) electrons. The van der Waals surface area contributed by atoms with Crippen LogP contribution in [0.5, 0.6) is 5.75 Å². The summed E-state index contributed by atoms with van der Waals surface area (Å²) in [7, 11) is 3.39. The van der Waals surface area contributed by atoms with E-state index < -0.39 is 0 Å². The summed E-state index contributed by atoms with van der Waals surface area (Å²) in [5, 5.41) is 4.22. The summed E-state index contributed by atoms with van der Waals surface area (Å²) in [5.74, 6) is 1.18. The van der Waals surface area contributed by atoms with Crippen molar-refractivity contribution in [2.24, 2.45) is 7.05 Å². The van der Waals surface area contributed by atoms with E-state index in [1.807, 2.05) is 13.1 Å². The molecule has 0 spiro atoms. The largest absolute Gasteiger partial charge is 0.494 e. The maximum absolute atomic E-state index is 5.86. The highest BCUT2D eigenvalue weighted by Crippen LogP contribution is 2.35. The zero-order valence-corrected chi connectivity index (χ0v) is 10.5. The Labute approximate surface area is 101 Å². The van der Waals surface area contributed by atoms with E-state index in [2.05, 4.69) is 26.0 Å². The summed E-state index contributed by atoms with van der Waals surface area (Å²) in [6.45, 7) is 0. The number of rotatable bonds is 2. The fraction of sp³-hybridized carbons (Fsp3) is 0.200. The number of benzene rings is 1. The second-order valence-electron chi connectivity index (χ2n) is 3.32. The fourth-order valence-corrected chi connectivity index (χ4v) is 1.95. The lowest BCUT2D eigenvalue weighted by atomic mass is 10.1. The summed E-state index contributed by atoms with van der Waals surface area (Å²) < 4.78 is 7.76. The quantitative estimate of drug-likeness (QED) is 0.854. The Morgan fingerprint density at radius 3 is 2.75 bits per heavy atom. The van der Waals surface area contributed by atoms with Crippen LogP contribution in [0.25, 0.3) is 11.4 Å². The highest BCUT2D eigenvalue weighted by molar-refractivity contribution is 9.10. The van der Waals surface area contributed by atoms with Gasteiger partial charge >= 0.3 is 0 Å². The Hall–Kier alpha value is -1.56. The standard InChI is InChI=1S/C10H11BrN4O/c1-15-5-13-10(14-15)7-3-6(11)4-8(12)9(7)16-2/h3-5H,12H2,1-2H3. The molecule has 0 aliphatic rings. The number of hydrogen-bond donors (Lipinski definition) is 1. The van der Waals surface area contributed by atoms with Crippen molar-refractivity contribution in [1.29, 1.82) is 0 Å². The van der Waals surface area contributed by atoms with Gasteiger partial charge in [-0.1, -0.05) is 15.9 Å². The van der Waals surface area contributed by atoms with E-state index in [0.717, 1.165) is 10.0 Å². The highest BCUT2D eigenvalue weighted by Gasteiger charge is 2.13. The van der Waals surface area contributed by atoms with Crippen LogP contribution in [0.2, 0.25) is 0 Å². The van der Waals surface area contributed by atoms with Crippen LogP contribution < -0.4 is 10.5 Å². The molecule has 16 heavy (non-hydrogen) atoms. The van der Waals surface area contributed by atoms with Gasteiger partial charge in [-0.15, -0.1) is 0 Å². The lowest BCUT2D eigenvalue weighted by Crippen LogP contribution is -1.97. The van der Waals surface area contributed by atoms with Crippen LogP contribution in [0.15, 0.2) is 22.9 Å². The smallest absolute Gasteiger partial charge is 0.184 e. The maximum atomic E-state index is 5.86. The maximum Gasteiger partial charge on any atom is 0.184 e. The predicted molar refractivity (Wildman–Crippen MR) is 65.1 cm³/mol. The Morgan fingerprint density at radius 2 is 2.19 bits per heavy atom. The lowest BCUT2D eigenvalue weighted by Gasteiger charge is -2.09. The second kappa shape index (κ2) is 4.13. The van der Waals surface area contributed by atoms with Gasteiger partial charge in [0.1, 0.15) is 6.33 Å². The minimum absolute atomic E-state index is 0.555. The SMILES string of the molecule is COc1c(N)cc(Br)cc1-c1ncn(C)n1. The molecule has 0 aliphatic heterocycles. The molecule has 1 heterocycles. The van der Waals surface area contributed by atoms with Gasteiger partial charge in [0.05, 0.1) is 18.4 Å². The first kappa shape index (κ1) is 10.9. The highest BCUT2D eigenvalue weighted by atomic mass is 79.9. The van der Waals surface area contributed by atoms with Gasteiger partial charge in [0.2, 0.25) is 0 Å². The molecule has 0 fully saturated rings. The zero-order valence-electron chi connectivity index (χ0n) is 8.94. The number of nitrogens with zero attached hydrogens (tertiary/aromatic N) is 3. The summed E-state index contributed by atoms with van der Waals surface area (Å²) in [6, 6.07) is 3.66. The number of aryl methyl sites for hydroxylation is 1. The van der Waals surface area contributed by atoms with Gasteiger partial charge < -0.3 is 10.5 Å². The van der Waals surface area contributed by atoms with Crippen LogP contribution in [-0.4, -0.2) is 21.9 Å². The van der Waals surface area contributed by atoms with Crippen molar-refractivity contribution in [3.63, 3.8) is 0 Å². The third-order valence-corrected chi connectivity index (χ3v) is 2.58. The first-order chi connectivity index (χ1) is 7.61. The van der Waals surface area contributed by atoms with Crippen molar-refractivity contribution >= 4 is 21.6 Å². The van der Waals surface area contributed by atoms with Gasteiger partial charge in [0.15, 0.2) is 11.6 Å². The zero-order chi connectivity index (χ0) is 11.7. The molecule has 0 atom stereocenters. The summed E-state index contributed by atoms with van der Waals surface area (Å²) >= 11 is 3.38. The topological polar surface area (TPSA) is 66.0 Å². The first-order valence-electron chi connectivity index (χ1n) is 4.61. The van der Waals surface area contributed by atoms with Crippen LogP contribution in [0, 0.1) is 0 Å². The molecule has 1 aromatic carbocycles. The Bertz CT molecular complexity index is 524. The van der Waals surface area contributed by atoms with E-state index in [0.29, 0.717) is 17.3 Å². The second-order valence-corrected chi connectivity index (χ2v) is 4.23. The van der Waals surface area contributed by atoms with Crippen LogP contribution in [0.4, 0.5) is 5.69 Å². The monoisotopic (exact) mass is 282 g/mol. The van der Waals surface area contributed by atoms with Crippen molar-refractivity contribution in [2.45, 2.75) is 0 Å². The molecule has 0 saturated heterocycles. The predicted octanol–water partition coefficient (Wildman–Crippen LogP) is 1.84. The molecule has 2 aromatic rings. The van der Waals surface area contributed by atoms with Gasteiger partial charge in [0, 0.05) is 11.5 Å². The van der Waals surface area contributed by atoms with Crippen LogP contribution in [0.3, 0.4) is 0 Å². The fourth-order valence-electron chi connectivity index (χ4n) is 1.47. The molecular weight excluding hydrogens is 272 g/mol. The van der Waals surface area contributed by atoms with E-state index in [1.54, 1.807) is 24.2 Å². The number of ether oxygens (including phenoxy) is 1. The first-order valence-corrected chi connectivity index (χ1v) is 5.40. The number of nitrogen functional groups attached to an aromatic ring is 1. The molecule has 0 aliphatic carbocycles. The van der Waals surface area contributed by atoms with Crippen molar-refractivity contribution < 1.29 is 4.74 Å². The van der Waals surface area contributed by atoms with Crippen LogP contribution in [0.1, 0.15) is 0 Å². The minimum atomic E-state index is 0.555. The van der Waals surface area contributed by atoms with E-state index in [1.165, 1.54) is 0 Å². The molecule has 2 N–H and O–H groups in total. The van der Waals surface area contributed by atoms with E-state index >= 15 is 0 Å². The average Bonchev–Trinajstić information content (AvgIpc) is 2.63. The lowest BCUT2D eigenvalue weighted by molar-refractivity contribution is 0.418. The van der Waals surface area contributed by atoms with E-state index in [9.17, 15) is 0 Å². The van der Waals surface area contributed by atoms with Gasteiger partial charge in [0.25, 0.3) is 0 Å². The van der Waals surface area contributed by atoms with Crippen molar-refractivity contribution in [2.75, 3.05) is 12.8 Å². The summed E-state index contributed by atoms with van der Waals surface area (Å²) in [6.07, 6.45) is 1.63. The van der Waals surface area contributed by atoms with Crippen molar-refractivity contribution in [3.8, 4) is 17.1 Å². The molecule has 1 aromatic heterocycles. The third-order valence-electron chi connectivity index (χ3n) is 2.13.